The molecule has 8 heteroatoms. The van der Waals surface area contributed by atoms with Crippen LogP contribution in [0.15, 0.2) is 30.6 Å². The van der Waals surface area contributed by atoms with Crippen LogP contribution in [-0.2, 0) is 0 Å². The van der Waals surface area contributed by atoms with Gasteiger partial charge in [-0.2, -0.15) is 0 Å². The van der Waals surface area contributed by atoms with Crippen LogP contribution in [0.5, 0.6) is 5.75 Å². The average molecular weight is 347 g/mol. The highest BCUT2D eigenvalue weighted by Gasteiger charge is 2.33. The maximum Gasteiger partial charge on any atom is 0.150 e. The fraction of sp³-hybridized carbons (Fsp3) is 0.353. The van der Waals surface area contributed by atoms with Crippen LogP contribution in [0.2, 0.25) is 0 Å². The predicted molar refractivity (Wildman–Crippen MR) is 92.0 cm³/mol. The number of rotatable bonds is 5. The van der Waals surface area contributed by atoms with E-state index in [1.54, 1.807) is 24.3 Å². The Morgan fingerprint density at radius 2 is 2.00 bits per heavy atom. The second-order valence-corrected chi connectivity index (χ2v) is 5.76. The Labute approximate surface area is 144 Å². The summed E-state index contributed by atoms with van der Waals surface area (Å²) in [4.78, 5) is 9.67. The van der Waals surface area contributed by atoms with Gasteiger partial charge in [-0.3, -0.25) is 5.41 Å². The lowest BCUT2D eigenvalue weighted by atomic mass is 10.0. The molecule has 1 fully saturated rings. The number of nitrogen functional groups attached to an aromatic ring is 1. The molecule has 3 rings (SSSR count). The van der Waals surface area contributed by atoms with E-state index < -0.39 is 12.3 Å². The van der Waals surface area contributed by atoms with Gasteiger partial charge in [-0.25, -0.2) is 18.7 Å². The minimum atomic E-state index is -1.53. The zero-order chi connectivity index (χ0) is 18.0. The van der Waals surface area contributed by atoms with Crippen molar-refractivity contribution in [3.63, 3.8) is 0 Å². The summed E-state index contributed by atoms with van der Waals surface area (Å²) in [7, 11) is 0. The normalized spacial score (nSPS) is 19.9. The van der Waals surface area contributed by atoms with Gasteiger partial charge >= 0.3 is 0 Å². The molecule has 0 saturated carbocycles. The van der Waals surface area contributed by atoms with E-state index in [9.17, 15) is 8.78 Å². The summed E-state index contributed by atoms with van der Waals surface area (Å²) in [5, 5.41) is 8.39. The number of nitrogens with two attached hydrogens (primary N) is 1. The standard InChI is InChI=1S/C17H19F2N5O/c1-2-25-10-3-4-14(20)11(5-10)17(21)15-6-16(23-9-22-15)24-7-12(18)13(19)8-24/h3-6,9,12-13,21H,2,7-8,20H2,1H3/t12-,13-/m0/s1. The topological polar surface area (TPSA) is 88.1 Å². The van der Waals surface area contributed by atoms with Crippen LogP contribution < -0.4 is 15.4 Å². The van der Waals surface area contributed by atoms with Gasteiger partial charge in [0, 0.05) is 17.3 Å². The van der Waals surface area contributed by atoms with E-state index in [0.29, 0.717) is 35.1 Å². The van der Waals surface area contributed by atoms with E-state index in [-0.39, 0.29) is 18.8 Å². The van der Waals surface area contributed by atoms with Gasteiger partial charge in [-0.1, -0.05) is 0 Å². The summed E-state index contributed by atoms with van der Waals surface area (Å²) >= 11 is 0. The maximum absolute atomic E-state index is 13.4. The Balaban J connectivity index is 1.88. The van der Waals surface area contributed by atoms with E-state index in [4.69, 9.17) is 15.9 Å². The number of aromatic nitrogens is 2. The Bertz CT molecular complexity index is 775. The van der Waals surface area contributed by atoms with Crippen molar-refractivity contribution < 1.29 is 13.5 Å². The zero-order valence-electron chi connectivity index (χ0n) is 13.7. The van der Waals surface area contributed by atoms with Crippen LogP contribution in [0.4, 0.5) is 20.3 Å². The first-order chi connectivity index (χ1) is 12.0. The minimum absolute atomic E-state index is 0.0626. The monoisotopic (exact) mass is 347 g/mol. The molecule has 1 aromatic heterocycles. The van der Waals surface area contributed by atoms with Gasteiger partial charge in [-0.05, 0) is 25.1 Å². The van der Waals surface area contributed by atoms with Gasteiger partial charge in [-0.15, -0.1) is 0 Å². The fourth-order valence-corrected chi connectivity index (χ4v) is 2.71. The number of ether oxygens (including phenoxy) is 1. The molecule has 1 aromatic carbocycles. The van der Waals surface area contributed by atoms with E-state index in [0.717, 1.165) is 0 Å². The number of halogens is 2. The number of hydrogen-bond donors (Lipinski definition) is 2. The van der Waals surface area contributed by atoms with Crippen molar-refractivity contribution in [2.75, 3.05) is 30.3 Å². The highest BCUT2D eigenvalue weighted by atomic mass is 19.2. The van der Waals surface area contributed by atoms with Gasteiger partial charge in [0.25, 0.3) is 0 Å². The van der Waals surface area contributed by atoms with E-state index in [2.05, 4.69) is 9.97 Å². The highest BCUT2D eigenvalue weighted by molar-refractivity contribution is 6.13. The molecule has 2 aromatic rings. The second kappa shape index (κ2) is 7.00. The molecule has 1 saturated heterocycles. The number of benzene rings is 1. The second-order valence-electron chi connectivity index (χ2n) is 5.76. The molecule has 0 spiro atoms. The molecule has 2 heterocycles. The lowest BCUT2D eigenvalue weighted by Gasteiger charge is -2.17. The molecule has 0 radical (unpaired) electrons. The third kappa shape index (κ3) is 3.52. The zero-order valence-corrected chi connectivity index (χ0v) is 13.7. The number of nitrogens with zero attached hydrogens (tertiary/aromatic N) is 3. The van der Waals surface area contributed by atoms with Crippen molar-refractivity contribution in [1.82, 2.24) is 9.97 Å². The molecule has 0 amide bonds. The van der Waals surface area contributed by atoms with Crippen LogP contribution >= 0.6 is 0 Å². The largest absolute Gasteiger partial charge is 0.494 e. The van der Waals surface area contributed by atoms with Crippen molar-refractivity contribution in [3.8, 4) is 5.75 Å². The van der Waals surface area contributed by atoms with Gasteiger partial charge in [0.1, 0.15) is 17.9 Å². The third-order valence-corrected chi connectivity index (χ3v) is 4.02. The summed E-state index contributed by atoms with van der Waals surface area (Å²) in [5.74, 6) is 0.989. The molecule has 1 aliphatic rings. The average Bonchev–Trinajstić information content (AvgIpc) is 2.95. The molecule has 0 unspecified atom stereocenters. The summed E-state index contributed by atoms with van der Waals surface area (Å²) in [6, 6.07) is 6.61. The maximum atomic E-state index is 13.4. The Morgan fingerprint density at radius 1 is 1.28 bits per heavy atom. The van der Waals surface area contributed by atoms with Crippen LogP contribution in [0.3, 0.4) is 0 Å². The molecule has 25 heavy (non-hydrogen) atoms. The fourth-order valence-electron chi connectivity index (χ4n) is 2.71. The summed E-state index contributed by atoms with van der Waals surface area (Å²) in [5.41, 5.74) is 7.28. The molecule has 2 atom stereocenters. The quantitative estimate of drug-likeness (QED) is 0.640. The number of hydrogen-bond acceptors (Lipinski definition) is 6. The first-order valence-corrected chi connectivity index (χ1v) is 7.96. The van der Waals surface area contributed by atoms with Gasteiger partial charge in [0.2, 0.25) is 0 Å². The Morgan fingerprint density at radius 3 is 2.68 bits per heavy atom. The lowest BCUT2D eigenvalue weighted by Crippen LogP contribution is -2.22. The lowest BCUT2D eigenvalue weighted by molar-refractivity contribution is 0.217. The van der Waals surface area contributed by atoms with Crippen molar-refractivity contribution in [1.29, 1.82) is 5.41 Å². The number of anilines is 2. The Hall–Kier alpha value is -2.77. The van der Waals surface area contributed by atoms with Crippen molar-refractivity contribution in [2.45, 2.75) is 19.3 Å². The first-order valence-electron chi connectivity index (χ1n) is 7.96. The molecule has 0 bridgehead atoms. The smallest absolute Gasteiger partial charge is 0.150 e. The molecule has 3 N–H and O–H groups in total. The third-order valence-electron chi connectivity index (χ3n) is 4.02. The van der Waals surface area contributed by atoms with Crippen molar-refractivity contribution >= 4 is 17.2 Å². The molecule has 6 nitrogen and oxygen atoms in total. The predicted octanol–water partition coefficient (Wildman–Crippen LogP) is 2.37. The van der Waals surface area contributed by atoms with Crippen LogP contribution in [-0.4, -0.2) is 47.7 Å². The van der Waals surface area contributed by atoms with Gasteiger partial charge in [0.15, 0.2) is 12.3 Å². The minimum Gasteiger partial charge on any atom is -0.494 e. The van der Waals surface area contributed by atoms with Gasteiger partial charge < -0.3 is 15.4 Å². The molecular formula is C17H19F2N5O. The summed E-state index contributed by atoms with van der Waals surface area (Å²) in [6.45, 7) is 2.24. The molecule has 0 aliphatic carbocycles. The highest BCUT2D eigenvalue weighted by Crippen LogP contribution is 2.25. The SMILES string of the molecule is CCOc1ccc(N)c(C(=N)c2cc(N3C[C@H](F)[C@@H](F)C3)ncn2)c1. The van der Waals surface area contributed by atoms with Gasteiger partial charge in [0.05, 0.1) is 31.1 Å². The van der Waals surface area contributed by atoms with Crippen LogP contribution in [0.25, 0.3) is 0 Å². The van der Waals surface area contributed by atoms with E-state index in [1.165, 1.54) is 11.2 Å². The number of nitrogens with one attached hydrogen (secondary N) is 1. The van der Waals surface area contributed by atoms with Crippen molar-refractivity contribution in [2.24, 2.45) is 0 Å². The molecule has 1 aliphatic heterocycles. The molecular weight excluding hydrogens is 328 g/mol. The summed E-state index contributed by atoms with van der Waals surface area (Å²) in [6.07, 6.45) is -1.78. The first kappa shape index (κ1) is 17.1. The van der Waals surface area contributed by atoms with Crippen LogP contribution in [0.1, 0.15) is 18.2 Å². The number of alkyl halides is 2. The van der Waals surface area contributed by atoms with Crippen molar-refractivity contribution in [3.05, 3.63) is 41.9 Å². The van der Waals surface area contributed by atoms with E-state index in [1.807, 2.05) is 6.92 Å². The van der Waals surface area contributed by atoms with Crippen LogP contribution in [0, 0.1) is 5.41 Å². The Kier molecular flexibility index (Phi) is 4.78. The molecule has 132 valence electrons. The van der Waals surface area contributed by atoms with E-state index >= 15 is 0 Å². The summed E-state index contributed by atoms with van der Waals surface area (Å²) < 4.78 is 32.3.